The predicted molar refractivity (Wildman–Crippen MR) is 80.6 cm³/mol. The lowest BCUT2D eigenvalue weighted by Crippen LogP contribution is -2.13. The molecule has 100 valence electrons. The van der Waals surface area contributed by atoms with Gasteiger partial charge in [0.2, 0.25) is 0 Å². The highest BCUT2D eigenvalue weighted by atomic mass is 127. The number of carbonyl (C=O) groups is 1. The Balaban J connectivity index is 3.14. The lowest BCUT2D eigenvalue weighted by Gasteiger charge is -2.18. The van der Waals surface area contributed by atoms with Gasteiger partial charge in [0, 0.05) is 0 Å². The van der Waals surface area contributed by atoms with Crippen molar-refractivity contribution in [1.82, 2.24) is 0 Å². The van der Waals surface area contributed by atoms with Crippen molar-refractivity contribution < 1.29 is 14.3 Å². The summed E-state index contributed by atoms with van der Waals surface area (Å²) in [5.74, 6) is 1.24. The molecular formula is C14H19IO3. The average molecular weight is 362 g/mol. The van der Waals surface area contributed by atoms with Gasteiger partial charge in [0.05, 0.1) is 0 Å². The van der Waals surface area contributed by atoms with Crippen molar-refractivity contribution >= 4 is 28.7 Å². The number of rotatable bonds is 4. The Morgan fingerprint density at radius 2 is 1.67 bits per heavy atom. The largest absolute Gasteiger partial charge is 0.514 e. The number of ether oxygens (including phenoxy) is 2. The third-order valence-corrected chi connectivity index (χ3v) is 2.99. The SMILES string of the molecule is CC(C)c1cccc(C(C)C)c1OC(=O)OCI. The number of halogens is 1. The minimum atomic E-state index is -0.639. The normalized spacial score (nSPS) is 10.8. The molecule has 1 aromatic carbocycles. The van der Waals surface area contributed by atoms with Gasteiger partial charge in [-0.3, -0.25) is 0 Å². The van der Waals surface area contributed by atoms with E-state index < -0.39 is 6.16 Å². The molecule has 0 amide bonds. The molecule has 0 saturated carbocycles. The lowest BCUT2D eigenvalue weighted by atomic mass is 9.94. The average Bonchev–Trinajstić information content (AvgIpc) is 2.28. The van der Waals surface area contributed by atoms with Crippen molar-refractivity contribution in [3.63, 3.8) is 0 Å². The molecule has 0 unspecified atom stereocenters. The van der Waals surface area contributed by atoms with E-state index in [1.807, 2.05) is 40.8 Å². The van der Waals surface area contributed by atoms with Crippen molar-refractivity contribution in [3.8, 4) is 5.75 Å². The fourth-order valence-corrected chi connectivity index (χ4v) is 2.01. The van der Waals surface area contributed by atoms with E-state index in [4.69, 9.17) is 9.47 Å². The fourth-order valence-electron chi connectivity index (χ4n) is 1.76. The molecule has 0 saturated heterocycles. The van der Waals surface area contributed by atoms with Crippen LogP contribution in [0.3, 0.4) is 0 Å². The maximum Gasteiger partial charge on any atom is 0.514 e. The maximum atomic E-state index is 11.5. The summed E-state index contributed by atoms with van der Waals surface area (Å²) in [4.78, 5) is 11.5. The van der Waals surface area contributed by atoms with E-state index in [1.54, 1.807) is 0 Å². The Labute approximate surface area is 122 Å². The fraction of sp³-hybridized carbons (Fsp3) is 0.500. The number of hydrogen-bond acceptors (Lipinski definition) is 3. The number of benzene rings is 1. The predicted octanol–water partition coefficient (Wildman–Crippen LogP) is 4.84. The van der Waals surface area contributed by atoms with Crippen LogP contribution in [-0.4, -0.2) is 10.8 Å². The van der Waals surface area contributed by atoms with E-state index >= 15 is 0 Å². The zero-order valence-corrected chi connectivity index (χ0v) is 13.4. The van der Waals surface area contributed by atoms with Crippen molar-refractivity contribution in [3.05, 3.63) is 29.3 Å². The van der Waals surface area contributed by atoms with Gasteiger partial charge in [0.25, 0.3) is 0 Å². The quantitative estimate of drug-likeness (QED) is 0.333. The van der Waals surface area contributed by atoms with E-state index in [9.17, 15) is 4.79 Å². The first-order valence-electron chi connectivity index (χ1n) is 6.00. The monoisotopic (exact) mass is 362 g/mol. The molecule has 3 nitrogen and oxygen atoms in total. The first kappa shape index (κ1) is 15.3. The smallest absolute Gasteiger partial charge is 0.423 e. The molecule has 0 radical (unpaired) electrons. The van der Waals surface area contributed by atoms with Gasteiger partial charge in [-0.15, -0.1) is 0 Å². The van der Waals surface area contributed by atoms with Crippen molar-refractivity contribution in [2.75, 3.05) is 4.61 Å². The molecule has 0 heterocycles. The highest BCUT2D eigenvalue weighted by molar-refractivity contribution is 14.1. The van der Waals surface area contributed by atoms with Gasteiger partial charge in [-0.05, 0) is 45.6 Å². The zero-order valence-electron chi connectivity index (χ0n) is 11.2. The van der Waals surface area contributed by atoms with Crippen molar-refractivity contribution in [2.24, 2.45) is 0 Å². The van der Waals surface area contributed by atoms with Crippen LogP contribution in [0.15, 0.2) is 18.2 Å². The molecule has 0 N–H and O–H groups in total. The van der Waals surface area contributed by atoms with Gasteiger partial charge in [-0.25, -0.2) is 4.79 Å². The molecule has 1 aromatic rings. The van der Waals surface area contributed by atoms with E-state index in [2.05, 4.69) is 27.7 Å². The van der Waals surface area contributed by atoms with Gasteiger partial charge in [-0.2, -0.15) is 0 Å². The molecular weight excluding hydrogens is 343 g/mol. The zero-order chi connectivity index (χ0) is 13.7. The van der Waals surface area contributed by atoms with Crippen LogP contribution in [0, 0.1) is 0 Å². The number of alkyl halides is 1. The first-order valence-corrected chi connectivity index (χ1v) is 7.53. The molecule has 0 aromatic heterocycles. The molecule has 1 rings (SSSR count). The number of hydrogen-bond donors (Lipinski definition) is 0. The number of carbonyl (C=O) groups excluding carboxylic acids is 1. The lowest BCUT2D eigenvalue weighted by molar-refractivity contribution is 0.118. The highest BCUT2D eigenvalue weighted by Crippen LogP contribution is 2.34. The molecule has 0 fully saturated rings. The summed E-state index contributed by atoms with van der Waals surface area (Å²) in [7, 11) is 0. The van der Waals surface area contributed by atoms with E-state index in [0.29, 0.717) is 17.6 Å². The van der Waals surface area contributed by atoms with Crippen molar-refractivity contribution in [1.29, 1.82) is 0 Å². The Morgan fingerprint density at radius 3 is 2.06 bits per heavy atom. The van der Waals surface area contributed by atoms with Crippen LogP contribution in [0.5, 0.6) is 5.75 Å². The molecule has 0 atom stereocenters. The standard InChI is InChI=1S/C14H19IO3/c1-9(2)11-6-5-7-12(10(3)4)13(11)18-14(16)17-8-15/h5-7,9-10H,8H2,1-4H3. The highest BCUT2D eigenvalue weighted by Gasteiger charge is 2.18. The van der Waals surface area contributed by atoms with Gasteiger partial charge in [-0.1, -0.05) is 45.9 Å². The second-order valence-corrected chi connectivity index (χ2v) is 5.30. The van der Waals surface area contributed by atoms with Crippen LogP contribution in [0.1, 0.15) is 50.7 Å². The van der Waals surface area contributed by atoms with Crippen LogP contribution in [0.25, 0.3) is 0 Å². The summed E-state index contributed by atoms with van der Waals surface area (Å²) in [6, 6.07) is 5.98. The van der Waals surface area contributed by atoms with Gasteiger partial charge >= 0.3 is 6.16 Å². The first-order chi connectivity index (χ1) is 8.47. The maximum absolute atomic E-state index is 11.5. The Hall–Kier alpha value is -0.780. The van der Waals surface area contributed by atoms with Crippen LogP contribution < -0.4 is 4.74 Å². The van der Waals surface area contributed by atoms with Gasteiger partial charge < -0.3 is 9.47 Å². The molecule has 0 aliphatic rings. The topological polar surface area (TPSA) is 35.5 Å². The van der Waals surface area contributed by atoms with E-state index in [1.165, 1.54) is 0 Å². The number of para-hydroxylation sites is 1. The molecule has 18 heavy (non-hydrogen) atoms. The van der Waals surface area contributed by atoms with E-state index in [-0.39, 0.29) is 4.61 Å². The van der Waals surface area contributed by atoms with E-state index in [0.717, 1.165) is 11.1 Å². The summed E-state index contributed by atoms with van der Waals surface area (Å²) in [5.41, 5.74) is 2.07. The minimum Gasteiger partial charge on any atom is -0.423 e. The Bertz CT molecular complexity index is 387. The summed E-state index contributed by atoms with van der Waals surface area (Å²) in [6.45, 7) is 8.32. The van der Waals surface area contributed by atoms with Crippen LogP contribution in [-0.2, 0) is 4.74 Å². The Kier molecular flexibility index (Phi) is 5.91. The van der Waals surface area contributed by atoms with Crippen LogP contribution >= 0.6 is 22.6 Å². The Morgan fingerprint density at radius 1 is 1.17 bits per heavy atom. The summed E-state index contributed by atoms with van der Waals surface area (Å²) in [5, 5.41) is 0. The molecule has 0 aliphatic heterocycles. The summed E-state index contributed by atoms with van der Waals surface area (Å²) in [6.07, 6.45) is -0.639. The van der Waals surface area contributed by atoms with Crippen molar-refractivity contribution in [2.45, 2.75) is 39.5 Å². The molecule has 4 heteroatoms. The second-order valence-electron chi connectivity index (χ2n) is 4.68. The summed E-state index contributed by atoms with van der Waals surface area (Å²) < 4.78 is 10.5. The molecule has 0 spiro atoms. The van der Waals surface area contributed by atoms with Crippen LogP contribution in [0.2, 0.25) is 0 Å². The van der Waals surface area contributed by atoms with Gasteiger partial charge in [0.15, 0.2) is 0 Å². The molecule has 0 bridgehead atoms. The minimum absolute atomic E-state index is 0.289. The third-order valence-electron chi connectivity index (χ3n) is 2.68. The van der Waals surface area contributed by atoms with Gasteiger partial charge in [0.1, 0.15) is 10.4 Å². The third kappa shape index (κ3) is 3.86. The molecule has 0 aliphatic carbocycles. The van der Waals surface area contributed by atoms with Crippen LogP contribution in [0.4, 0.5) is 4.79 Å². The second kappa shape index (κ2) is 6.97. The summed E-state index contributed by atoms with van der Waals surface area (Å²) >= 11 is 1.97.